The number of anilines is 1. The number of nitrogens with zero attached hydrogens (tertiary/aromatic N) is 3. The van der Waals surface area contributed by atoms with Crippen molar-refractivity contribution in [3.05, 3.63) is 84.2 Å². The van der Waals surface area contributed by atoms with Gasteiger partial charge in [0.15, 0.2) is 0 Å². The molecule has 1 aromatic heterocycles. The average molecular weight is 522 g/mol. The topological polar surface area (TPSA) is 45.6 Å². The van der Waals surface area contributed by atoms with Crippen LogP contribution in [0.15, 0.2) is 72.9 Å². The van der Waals surface area contributed by atoms with Gasteiger partial charge < -0.3 is 9.47 Å². The van der Waals surface area contributed by atoms with E-state index < -0.39 is 0 Å². The van der Waals surface area contributed by atoms with Gasteiger partial charge in [-0.15, -0.1) is 0 Å². The molecular weight excluding hydrogens is 482 g/mol. The fourth-order valence-electron chi connectivity index (χ4n) is 8.76. The molecule has 4 saturated carbocycles. The van der Waals surface area contributed by atoms with Gasteiger partial charge in [-0.2, -0.15) is 0 Å². The van der Waals surface area contributed by atoms with E-state index in [0.29, 0.717) is 24.3 Å². The van der Waals surface area contributed by atoms with Crippen LogP contribution in [0.2, 0.25) is 0 Å². The molecule has 5 nitrogen and oxygen atoms in total. The zero-order valence-corrected chi connectivity index (χ0v) is 23.0. The number of carbonyl (C=O) groups is 2. The summed E-state index contributed by atoms with van der Waals surface area (Å²) in [4.78, 5) is 32.8. The Morgan fingerprint density at radius 1 is 0.846 bits per heavy atom. The zero-order valence-electron chi connectivity index (χ0n) is 23.0. The molecule has 4 fully saturated rings. The van der Waals surface area contributed by atoms with Crippen LogP contribution in [-0.4, -0.2) is 34.4 Å². The van der Waals surface area contributed by atoms with Crippen molar-refractivity contribution in [1.29, 1.82) is 0 Å². The summed E-state index contributed by atoms with van der Waals surface area (Å²) in [5.41, 5.74) is 3.81. The Balaban J connectivity index is 1.24. The highest BCUT2D eigenvalue weighted by Gasteiger charge is 2.55. The molecule has 2 heterocycles. The maximum absolute atomic E-state index is 14.5. The molecule has 2 amide bonds. The van der Waals surface area contributed by atoms with Crippen LogP contribution in [0.5, 0.6) is 0 Å². The SMILES string of the molecule is CCCCN(CC(=O)N1c2ccccc2-n2cccc2[C@@H]1c1ccccc1)C(=O)C12CC3CC(CC(C3)C1)C2. The summed E-state index contributed by atoms with van der Waals surface area (Å²) in [6, 6.07) is 22.4. The van der Waals surface area contributed by atoms with Gasteiger partial charge >= 0.3 is 0 Å². The average Bonchev–Trinajstić information content (AvgIpc) is 3.44. The molecule has 2 aromatic carbocycles. The summed E-state index contributed by atoms with van der Waals surface area (Å²) in [6.45, 7) is 2.96. The first-order valence-corrected chi connectivity index (χ1v) is 15.0. The van der Waals surface area contributed by atoms with E-state index in [1.165, 1.54) is 19.3 Å². The molecule has 0 spiro atoms. The van der Waals surface area contributed by atoms with Crippen molar-refractivity contribution in [3.8, 4) is 5.69 Å². The quantitative estimate of drug-likeness (QED) is 0.345. The number of para-hydroxylation sites is 2. The van der Waals surface area contributed by atoms with Crippen LogP contribution >= 0.6 is 0 Å². The van der Waals surface area contributed by atoms with E-state index >= 15 is 0 Å². The van der Waals surface area contributed by atoms with Crippen molar-refractivity contribution in [2.45, 2.75) is 64.3 Å². The molecule has 39 heavy (non-hydrogen) atoms. The van der Waals surface area contributed by atoms with Crippen LogP contribution in [-0.2, 0) is 9.59 Å². The highest BCUT2D eigenvalue weighted by molar-refractivity contribution is 6.01. The van der Waals surface area contributed by atoms with Crippen molar-refractivity contribution >= 4 is 17.5 Å². The molecule has 3 aromatic rings. The molecule has 1 aliphatic heterocycles. The molecule has 202 valence electrons. The molecule has 4 aliphatic carbocycles. The summed E-state index contributed by atoms with van der Waals surface area (Å²) in [5, 5.41) is 0. The fraction of sp³-hybridized carbons (Fsp3) is 0.471. The number of benzene rings is 2. The van der Waals surface area contributed by atoms with Crippen molar-refractivity contribution in [2.75, 3.05) is 18.0 Å². The second-order valence-corrected chi connectivity index (χ2v) is 12.6. The van der Waals surface area contributed by atoms with E-state index in [0.717, 1.165) is 54.7 Å². The maximum Gasteiger partial charge on any atom is 0.247 e. The van der Waals surface area contributed by atoms with Gasteiger partial charge in [-0.3, -0.25) is 14.5 Å². The first-order chi connectivity index (χ1) is 19.1. The lowest BCUT2D eigenvalue weighted by atomic mass is 9.49. The number of unbranched alkanes of at least 4 members (excludes halogenated alkanes) is 1. The lowest BCUT2D eigenvalue weighted by Gasteiger charge is -2.56. The standard InChI is InChI=1S/C34H39N3O2/c1-2-3-15-35(33(39)34-20-24-17-25(21-34)19-26(18-24)22-34)23-31(38)37-29-13-8-7-12-28(29)36-16-9-14-30(36)32(37)27-10-5-4-6-11-27/h4-14,16,24-26,32H,2-3,15,17-23H2,1H3/t24?,25?,26?,32-,34?/m0/s1. The zero-order chi connectivity index (χ0) is 26.6. The van der Waals surface area contributed by atoms with Gasteiger partial charge in [-0.05, 0) is 92.5 Å². The molecule has 4 bridgehead atoms. The Kier molecular flexibility index (Phi) is 6.13. The monoisotopic (exact) mass is 521 g/mol. The number of hydrogen-bond donors (Lipinski definition) is 0. The number of aromatic nitrogens is 1. The Labute approximate surface area is 231 Å². The molecule has 0 saturated heterocycles. The smallest absolute Gasteiger partial charge is 0.247 e. The summed E-state index contributed by atoms with van der Waals surface area (Å²) >= 11 is 0. The van der Waals surface area contributed by atoms with Crippen molar-refractivity contribution in [2.24, 2.45) is 23.2 Å². The van der Waals surface area contributed by atoms with E-state index in [-0.39, 0.29) is 29.8 Å². The van der Waals surface area contributed by atoms with Crippen LogP contribution in [0, 0.1) is 23.2 Å². The minimum absolute atomic E-state index is 0.00191. The molecule has 8 rings (SSSR count). The van der Waals surface area contributed by atoms with E-state index in [2.05, 4.69) is 48.0 Å². The minimum Gasteiger partial charge on any atom is -0.333 e. The van der Waals surface area contributed by atoms with Gasteiger partial charge in [0.1, 0.15) is 12.6 Å². The Hall–Kier alpha value is -3.34. The molecule has 5 aliphatic rings. The van der Waals surface area contributed by atoms with Crippen molar-refractivity contribution < 1.29 is 9.59 Å². The van der Waals surface area contributed by atoms with Crippen LogP contribution in [0.4, 0.5) is 5.69 Å². The predicted molar refractivity (Wildman–Crippen MR) is 154 cm³/mol. The minimum atomic E-state index is -0.244. The molecule has 5 heteroatoms. The van der Waals surface area contributed by atoms with Crippen LogP contribution < -0.4 is 4.90 Å². The Bertz CT molecular complexity index is 1340. The van der Waals surface area contributed by atoms with Crippen LogP contribution in [0.1, 0.15) is 75.6 Å². The Morgan fingerprint density at radius 3 is 2.15 bits per heavy atom. The van der Waals surface area contributed by atoms with Gasteiger partial charge in [-0.25, -0.2) is 0 Å². The third kappa shape index (κ3) is 4.13. The normalized spacial score (nSPS) is 28.2. The van der Waals surface area contributed by atoms with E-state index in [1.807, 2.05) is 46.2 Å². The lowest BCUT2D eigenvalue weighted by Crippen LogP contribution is -2.56. The summed E-state index contributed by atoms with van der Waals surface area (Å²) < 4.78 is 2.20. The fourth-order valence-corrected chi connectivity index (χ4v) is 8.76. The largest absolute Gasteiger partial charge is 0.333 e. The number of fused-ring (bicyclic) bond motifs is 3. The van der Waals surface area contributed by atoms with E-state index in [1.54, 1.807) is 0 Å². The lowest BCUT2D eigenvalue weighted by molar-refractivity contribution is -0.159. The summed E-state index contributed by atoms with van der Waals surface area (Å²) in [5.74, 6) is 2.36. The summed E-state index contributed by atoms with van der Waals surface area (Å²) in [6.07, 6.45) is 11.0. The summed E-state index contributed by atoms with van der Waals surface area (Å²) in [7, 11) is 0. The molecular formula is C34H39N3O2. The van der Waals surface area contributed by atoms with Crippen molar-refractivity contribution in [3.63, 3.8) is 0 Å². The third-order valence-corrected chi connectivity index (χ3v) is 9.99. The van der Waals surface area contributed by atoms with Gasteiger partial charge in [-0.1, -0.05) is 55.8 Å². The van der Waals surface area contributed by atoms with Crippen LogP contribution in [0.3, 0.4) is 0 Å². The highest BCUT2D eigenvalue weighted by Crippen LogP contribution is 2.60. The first kappa shape index (κ1) is 24.7. The first-order valence-electron chi connectivity index (χ1n) is 15.0. The maximum atomic E-state index is 14.5. The second-order valence-electron chi connectivity index (χ2n) is 12.6. The van der Waals surface area contributed by atoms with Gasteiger partial charge in [0, 0.05) is 12.7 Å². The van der Waals surface area contributed by atoms with E-state index in [4.69, 9.17) is 0 Å². The second kappa shape index (κ2) is 9.69. The highest BCUT2D eigenvalue weighted by atomic mass is 16.2. The molecule has 0 N–H and O–H groups in total. The van der Waals surface area contributed by atoms with Gasteiger partial charge in [0.05, 0.1) is 22.5 Å². The third-order valence-electron chi connectivity index (χ3n) is 9.99. The molecule has 1 atom stereocenters. The number of carbonyl (C=O) groups excluding carboxylic acids is 2. The number of rotatable bonds is 7. The van der Waals surface area contributed by atoms with Gasteiger partial charge in [0.25, 0.3) is 0 Å². The molecule has 0 unspecified atom stereocenters. The van der Waals surface area contributed by atoms with E-state index in [9.17, 15) is 9.59 Å². The Morgan fingerprint density at radius 2 is 1.49 bits per heavy atom. The van der Waals surface area contributed by atoms with Crippen LogP contribution in [0.25, 0.3) is 5.69 Å². The predicted octanol–water partition coefficient (Wildman–Crippen LogP) is 6.76. The molecule has 0 radical (unpaired) electrons. The van der Waals surface area contributed by atoms with Crippen molar-refractivity contribution in [1.82, 2.24) is 9.47 Å². The number of hydrogen-bond acceptors (Lipinski definition) is 2. The van der Waals surface area contributed by atoms with Gasteiger partial charge in [0.2, 0.25) is 11.8 Å². The number of amides is 2.